The zero-order chi connectivity index (χ0) is 22.6. The second kappa shape index (κ2) is 9.54. The van der Waals surface area contributed by atoms with Gasteiger partial charge in [-0.3, -0.25) is 9.10 Å². The second-order valence-electron chi connectivity index (χ2n) is 7.45. The van der Waals surface area contributed by atoms with Gasteiger partial charge in [0.2, 0.25) is 5.91 Å². The summed E-state index contributed by atoms with van der Waals surface area (Å²) in [4.78, 5) is 13.0. The highest BCUT2D eigenvalue weighted by Gasteiger charge is 2.27. The normalized spacial score (nSPS) is 12.3. The van der Waals surface area contributed by atoms with Crippen LogP contribution in [0, 0.1) is 13.8 Å². The van der Waals surface area contributed by atoms with Gasteiger partial charge in [-0.1, -0.05) is 53.6 Å². The van der Waals surface area contributed by atoms with Crippen molar-refractivity contribution in [3.63, 3.8) is 0 Å². The fraction of sp³-hybridized carbons (Fsp3) is 0.208. The minimum absolute atomic E-state index is 0.0659. The molecular weight excluding hydrogens is 432 g/mol. The lowest BCUT2D eigenvalue weighted by atomic mass is 10.00. The van der Waals surface area contributed by atoms with Crippen LogP contribution in [-0.4, -0.2) is 20.9 Å². The van der Waals surface area contributed by atoms with Crippen molar-refractivity contribution in [3.05, 3.63) is 94.5 Å². The van der Waals surface area contributed by atoms with Crippen LogP contribution in [0.3, 0.4) is 0 Å². The summed E-state index contributed by atoms with van der Waals surface area (Å²) in [5.41, 5.74) is 3.57. The lowest BCUT2D eigenvalue weighted by molar-refractivity contribution is -0.120. The number of anilines is 1. The van der Waals surface area contributed by atoms with Crippen LogP contribution in [0.15, 0.2) is 77.7 Å². The maximum absolute atomic E-state index is 13.3. The number of nitrogens with zero attached hydrogens (tertiary/aromatic N) is 1. The van der Waals surface area contributed by atoms with Gasteiger partial charge < -0.3 is 5.32 Å². The zero-order valence-corrected chi connectivity index (χ0v) is 19.2. The first kappa shape index (κ1) is 22.8. The molecular formula is C24H25ClN2O3S. The number of halogens is 1. The second-order valence-corrected chi connectivity index (χ2v) is 9.75. The summed E-state index contributed by atoms with van der Waals surface area (Å²) in [5.74, 6) is -0.394. The highest BCUT2D eigenvalue weighted by molar-refractivity contribution is 7.92. The minimum Gasteiger partial charge on any atom is -0.348 e. The molecule has 7 heteroatoms. The molecule has 0 heterocycles. The van der Waals surface area contributed by atoms with E-state index in [1.807, 2.05) is 39.0 Å². The van der Waals surface area contributed by atoms with E-state index in [2.05, 4.69) is 5.32 Å². The molecule has 3 rings (SSSR count). The van der Waals surface area contributed by atoms with E-state index in [1.165, 1.54) is 24.3 Å². The average molecular weight is 457 g/mol. The summed E-state index contributed by atoms with van der Waals surface area (Å²) in [6.45, 7) is 5.52. The van der Waals surface area contributed by atoms with E-state index < -0.39 is 15.9 Å². The van der Waals surface area contributed by atoms with E-state index in [0.717, 1.165) is 21.0 Å². The summed E-state index contributed by atoms with van der Waals surface area (Å²) >= 11 is 5.91. The van der Waals surface area contributed by atoms with Gasteiger partial charge in [-0.15, -0.1) is 0 Å². The number of nitrogens with one attached hydrogen (secondary N) is 1. The van der Waals surface area contributed by atoms with Crippen LogP contribution in [0.4, 0.5) is 5.69 Å². The number of aryl methyl sites for hydroxylation is 2. The molecule has 1 N–H and O–H groups in total. The summed E-state index contributed by atoms with van der Waals surface area (Å²) in [6, 6.07) is 20.3. The van der Waals surface area contributed by atoms with Gasteiger partial charge in [-0.25, -0.2) is 8.42 Å². The molecule has 0 aliphatic rings. The Bertz CT molecular complexity index is 1160. The molecule has 1 atom stereocenters. The Balaban J connectivity index is 1.88. The third-order valence-corrected chi connectivity index (χ3v) is 7.05. The Morgan fingerprint density at radius 1 is 1.00 bits per heavy atom. The maximum atomic E-state index is 13.3. The summed E-state index contributed by atoms with van der Waals surface area (Å²) in [5, 5.41) is 3.37. The number of benzene rings is 3. The molecule has 0 saturated heterocycles. The van der Waals surface area contributed by atoms with Gasteiger partial charge in [-0.2, -0.15) is 0 Å². The van der Waals surface area contributed by atoms with Crippen molar-refractivity contribution in [1.29, 1.82) is 0 Å². The largest absolute Gasteiger partial charge is 0.348 e. The maximum Gasteiger partial charge on any atom is 0.264 e. The van der Waals surface area contributed by atoms with Crippen molar-refractivity contribution in [2.75, 3.05) is 10.8 Å². The molecule has 162 valence electrons. The van der Waals surface area contributed by atoms with Crippen molar-refractivity contribution in [3.8, 4) is 0 Å². The lowest BCUT2D eigenvalue weighted by Crippen LogP contribution is -2.41. The monoisotopic (exact) mass is 456 g/mol. The molecule has 3 aromatic rings. The molecule has 0 aliphatic carbocycles. The highest BCUT2D eigenvalue weighted by Crippen LogP contribution is 2.25. The number of carbonyl (C=O) groups is 1. The van der Waals surface area contributed by atoms with Gasteiger partial charge in [0.05, 0.1) is 16.6 Å². The Morgan fingerprint density at radius 3 is 2.29 bits per heavy atom. The molecule has 0 saturated carbocycles. The van der Waals surface area contributed by atoms with Crippen LogP contribution in [0.2, 0.25) is 5.02 Å². The van der Waals surface area contributed by atoms with Gasteiger partial charge in [0.15, 0.2) is 0 Å². The van der Waals surface area contributed by atoms with E-state index in [9.17, 15) is 13.2 Å². The van der Waals surface area contributed by atoms with E-state index in [0.29, 0.717) is 10.7 Å². The third-order valence-electron chi connectivity index (χ3n) is 5.01. The van der Waals surface area contributed by atoms with E-state index in [-0.39, 0.29) is 17.5 Å². The Hall–Kier alpha value is -2.83. The standard InChI is InChI=1S/C24H25ClN2O3S/c1-17-9-10-18(2)23(15-17)19(3)26-24(28)16-27(21-7-5-4-6-8-21)31(29,30)22-13-11-20(25)12-14-22/h4-15,19H,16H2,1-3H3,(H,26,28). The summed E-state index contributed by atoms with van der Waals surface area (Å²) < 4.78 is 27.8. The number of carbonyl (C=O) groups excluding carboxylic acids is 1. The third kappa shape index (κ3) is 5.46. The zero-order valence-electron chi connectivity index (χ0n) is 17.7. The van der Waals surface area contributed by atoms with E-state index in [1.54, 1.807) is 30.3 Å². The van der Waals surface area contributed by atoms with Gasteiger partial charge in [-0.05, 0) is 68.3 Å². The molecule has 0 bridgehead atoms. The molecule has 31 heavy (non-hydrogen) atoms. The first-order valence-electron chi connectivity index (χ1n) is 9.88. The van der Waals surface area contributed by atoms with Crippen LogP contribution in [-0.2, 0) is 14.8 Å². The Labute approximate surface area is 188 Å². The van der Waals surface area contributed by atoms with Crippen LogP contribution in [0.25, 0.3) is 0 Å². The van der Waals surface area contributed by atoms with Crippen molar-refractivity contribution in [1.82, 2.24) is 5.32 Å². The number of amides is 1. The van der Waals surface area contributed by atoms with Crippen molar-refractivity contribution in [2.45, 2.75) is 31.7 Å². The van der Waals surface area contributed by atoms with Crippen LogP contribution < -0.4 is 9.62 Å². The number of rotatable bonds is 7. The molecule has 0 radical (unpaired) electrons. The minimum atomic E-state index is -3.97. The molecule has 1 amide bonds. The molecule has 0 aliphatic heterocycles. The Morgan fingerprint density at radius 2 is 1.65 bits per heavy atom. The highest BCUT2D eigenvalue weighted by atomic mass is 35.5. The van der Waals surface area contributed by atoms with Crippen molar-refractivity contribution >= 4 is 33.2 Å². The average Bonchev–Trinajstić information content (AvgIpc) is 2.74. The molecule has 0 spiro atoms. The SMILES string of the molecule is Cc1ccc(C)c(C(C)NC(=O)CN(c2ccccc2)S(=O)(=O)c2ccc(Cl)cc2)c1. The van der Waals surface area contributed by atoms with Crippen LogP contribution >= 0.6 is 11.6 Å². The Kier molecular flexibility index (Phi) is 7.03. The molecule has 5 nitrogen and oxygen atoms in total. The predicted octanol–water partition coefficient (Wildman–Crippen LogP) is 5.03. The number of hydrogen-bond acceptors (Lipinski definition) is 3. The van der Waals surface area contributed by atoms with Crippen LogP contribution in [0.1, 0.15) is 29.7 Å². The number of hydrogen-bond donors (Lipinski definition) is 1. The number of para-hydroxylation sites is 1. The van der Waals surface area contributed by atoms with Crippen molar-refractivity contribution < 1.29 is 13.2 Å². The van der Waals surface area contributed by atoms with Gasteiger partial charge in [0.1, 0.15) is 6.54 Å². The molecule has 1 unspecified atom stereocenters. The van der Waals surface area contributed by atoms with E-state index in [4.69, 9.17) is 11.6 Å². The topological polar surface area (TPSA) is 66.5 Å². The fourth-order valence-electron chi connectivity index (χ4n) is 3.36. The van der Waals surface area contributed by atoms with E-state index >= 15 is 0 Å². The number of sulfonamides is 1. The predicted molar refractivity (Wildman–Crippen MR) is 125 cm³/mol. The molecule has 0 aromatic heterocycles. The van der Waals surface area contributed by atoms with Gasteiger partial charge >= 0.3 is 0 Å². The smallest absolute Gasteiger partial charge is 0.264 e. The van der Waals surface area contributed by atoms with Crippen molar-refractivity contribution in [2.24, 2.45) is 0 Å². The van der Waals surface area contributed by atoms with Crippen LogP contribution in [0.5, 0.6) is 0 Å². The molecule has 3 aromatic carbocycles. The molecule has 0 fully saturated rings. The summed E-state index contributed by atoms with van der Waals surface area (Å²) in [6.07, 6.45) is 0. The first-order valence-corrected chi connectivity index (χ1v) is 11.7. The van der Waals surface area contributed by atoms with Gasteiger partial charge in [0, 0.05) is 5.02 Å². The summed E-state index contributed by atoms with van der Waals surface area (Å²) in [7, 11) is -3.97. The lowest BCUT2D eigenvalue weighted by Gasteiger charge is -2.25. The van der Waals surface area contributed by atoms with Gasteiger partial charge in [0.25, 0.3) is 10.0 Å². The fourth-order valence-corrected chi connectivity index (χ4v) is 4.91. The quantitative estimate of drug-likeness (QED) is 0.542. The first-order chi connectivity index (χ1) is 14.7.